The lowest BCUT2D eigenvalue weighted by Crippen LogP contribution is -2.11. The molecule has 190 valence electrons. The van der Waals surface area contributed by atoms with Crippen molar-refractivity contribution in [1.29, 1.82) is 0 Å². The molecule has 0 saturated heterocycles. The highest BCUT2D eigenvalue weighted by Gasteiger charge is 2.33. The highest BCUT2D eigenvalue weighted by atomic mass is 16.6. The molecule has 0 bridgehead atoms. The molecular formula is C26H18N4O8. The van der Waals surface area contributed by atoms with Gasteiger partial charge in [-0.25, -0.2) is 0 Å². The first kappa shape index (κ1) is 25.4. The summed E-state index contributed by atoms with van der Waals surface area (Å²) in [6, 6.07) is 23.3. The van der Waals surface area contributed by atoms with Crippen molar-refractivity contribution in [2.75, 3.05) is 4.90 Å². The van der Waals surface area contributed by atoms with E-state index in [1.807, 2.05) is 6.07 Å². The smallest absolute Gasteiger partial charge is 0.325 e. The largest absolute Gasteiger partial charge is 0.442 e. The first-order chi connectivity index (χ1) is 18.2. The van der Waals surface area contributed by atoms with Gasteiger partial charge < -0.3 is 9.64 Å². The molecule has 4 aromatic rings. The molecule has 0 unspecified atom stereocenters. The van der Waals surface area contributed by atoms with Crippen LogP contribution in [0.2, 0.25) is 0 Å². The molecule has 0 aromatic heterocycles. The van der Waals surface area contributed by atoms with Crippen molar-refractivity contribution >= 4 is 39.9 Å². The molecule has 0 atom stereocenters. The number of nitrogens with zero attached hydrogens (tertiary/aromatic N) is 4. The van der Waals surface area contributed by atoms with Gasteiger partial charge in [0, 0.05) is 16.9 Å². The lowest BCUT2D eigenvalue weighted by molar-refractivity contribution is -0.404. The molecule has 0 amide bonds. The zero-order valence-electron chi connectivity index (χ0n) is 19.7. The molecule has 0 aliphatic carbocycles. The Morgan fingerprint density at radius 1 is 0.711 bits per heavy atom. The molecule has 12 nitrogen and oxygen atoms in total. The zero-order valence-corrected chi connectivity index (χ0v) is 19.7. The Kier molecular flexibility index (Phi) is 7.06. The number of Topliss-reactive ketones (excluding diaryl/α,β-unsaturated/α-hetero) is 1. The monoisotopic (exact) mass is 514 g/mol. The predicted octanol–water partition coefficient (Wildman–Crippen LogP) is 6.88. The lowest BCUT2D eigenvalue weighted by Gasteiger charge is -2.27. The predicted molar refractivity (Wildman–Crippen MR) is 138 cm³/mol. The summed E-state index contributed by atoms with van der Waals surface area (Å²) < 4.78 is 5.81. The molecule has 0 heterocycles. The van der Waals surface area contributed by atoms with Crippen molar-refractivity contribution in [3.63, 3.8) is 0 Å². The van der Waals surface area contributed by atoms with E-state index in [0.29, 0.717) is 34.8 Å². The van der Waals surface area contributed by atoms with Gasteiger partial charge in [0.2, 0.25) is 0 Å². The topological polar surface area (TPSA) is 159 Å². The van der Waals surface area contributed by atoms with Crippen molar-refractivity contribution in [2.24, 2.45) is 0 Å². The van der Waals surface area contributed by atoms with Gasteiger partial charge in [-0.05, 0) is 55.5 Å². The summed E-state index contributed by atoms with van der Waals surface area (Å²) in [6.45, 7) is 1.44. The highest BCUT2D eigenvalue weighted by Crippen LogP contribution is 2.47. The van der Waals surface area contributed by atoms with E-state index in [9.17, 15) is 35.1 Å². The number of benzene rings is 4. The molecule has 0 aliphatic rings. The van der Waals surface area contributed by atoms with Gasteiger partial charge >= 0.3 is 11.4 Å². The van der Waals surface area contributed by atoms with Gasteiger partial charge in [-0.3, -0.25) is 35.1 Å². The summed E-state index contributed by atoms with van der Waals surface area (Å²) in [5.41, 5.74) is -0.576. The Labute approximate surface area is 214 Å². The maximum Gasteiger partial charge on any atom is 0.325 e. The van der Waals surface area contributed by atoms with E-state index in [0.717, 1.165) is 0 Å². The van der Waals surface area contributed by atoms with Crippen LogP contribution in [0.4, 0.5) is 34.1 Å². The minimum absolute atomic E-state index is 0.00653. The van der Waals surface area contributed by atoms with E-state index in [-0.39, 0.29) is 11.5 Å². The number of anilines is 3. The number of hydrogen-bond donors (Lipinski definition) is 0. The summed E-state index contributed by atoms with van der Waals surface area (Å²) in [4.78, 5) is 45.3. The first-order valence-corrected chi connectivity index (χ1v) is 11.0. The Morgan fingerprint density at radius 3 is 1.76 bits per heavy atom. The molecule has 38 heavy (non-hydrogen) atoms. The molecule has 0 N–H and O–H groups in total. The fraction of sp³-hybridized carbons (Fsp3) is 0.0385. The number of carbonyl (C=O) groups is 1. The van der Waals surface area contributed by atoms with E-state index in [4.69, 9.17) is 4.74 Å². The molecule has 0 saturated carbocycles. The van der Waals surface area contributed by atoms with Crippen molar-refractivity contribution in [3.8, 4) is 11.5 Å². The maximum absolute atomic E-state index is 11.8. The van der Waals surface area contributed by atoms with Gasteiger partial charge in [-0.1, -0.05) is 30.3 Å². The van der Waals surface area contributed by atoms with Gasteiger partial charge in [0.15, 0.2) is 11.5 Å². The van der Waals surface area contributed by atoms with Gasteiger partial charge in [-0.15, -0.1) is 0 Å². The van der Waals surface area contributed by atoms with E-state index in [1.165, 1.54) is 13.0 Å². The molecule has 0 radical (unpaired) electrons. The first-order valence-electron chi connectivity index (χ1n) is 11.0. The SMILES string of the molecule is CC(=O)c1ccc(N(c2ccccc2)c2ccccc2Oc2c([N+](=O)[O-])cc([N+](=O)[O-])cc2[N+](=O)[O-])cc1. The number of nitro groups is 3. The van der Waals surface area contributed by atoms with Crippen molar-refractivity contribution in [1.82, 2.24) is 0 Å². The lowest BCUT2D eigenvalue weighted by atomic mass is 10.1. The zero-order chi connectivity index (χ0) is 27.4. The average molecular weight is 514 g/mol. The third-order valence-electron chi connectivity index (χ3n) is 5.50. The van der Waals surface area contributed by atoms with Crippen LogP contribution >= 0.6 is 0 Å². The number of para-hydroxylation sites is 3. The maximum atomic E-state index is 11.8. The van der Waals surface area contributed by atoms with E-state index in [2.05, 4.69) is 0 Å². The molecule has 0 spiro atoms. The fourth-order valence-electron chi connectivity index (χ4n) is 3.75. The van der Waals surface area contributed by atoms with Crippen LogP contribution in [0, 0.1) is 30.3 Å². The third kappa shape index (κ3) is 5.14. The molecule has 0 fully saturated rings. The number of carbonyl (C=O) groups excluding carboxylic acids is 1. The minimum atomic E-state index is -0.979. The van der Waals surface area contributed by atoms with Crippen LogP contribution in [0.5, 0.6) is 11.5 Å². The minimum Gasteiger partial charge on any atom is -0.442 e. The van der Waals surface area contributed by atoms with Crippen LogP contribution in [0.15, 0.2) is 91.0 Å². The normalized spacial score (nSPS) is 10.4. The van der Waals surface area contributed by atoms with Crippen LogP contribution in [-0.4, -0.2) is 20.6 Å². The van der Waals surface area contributed by atoms with E-state index in [1.54, 1.807) is 71.6 Å². The fourth-order valence-corrected chi connectivity index (χ4v) is 3.75. The molecule has 12 heteroatoms. The van der Waals surface area contributed by atoms with Gasteiger partial charge in [0.1, 0.15) is 0 Å². The molecule has 4 aromatic carbocycles. The third-order valence-corrected chi connectivity index (χ3v) is 5.50. The standard InChI is InChI=1S/C26H18N4O8/c1-17(31)18-11-13-20(14-12-18)27(19-7-3-2-4-8-19)22-9-5-6-10-25(22)38-26-23(29(34)35)15-21(28(32)33)16-24(26)30(36)37/h2-16H,1H3. The number of nitro benzene ring substituents is 3. The summed E-state index contributed by atoms with van der Waals surface area (Å²) in [5.74, 6) is -0.866. The average Bonchev–Trinajstić information content (AvgIpc) is 2.90. The molecular weight excluding hydrogens is 496 g/mol. The second-order valence-electron chi connectivity index (χ2n) is 7.93. The van der Waals surface area contributed by atoms with Crippen molar-refractivity contribution < 1.29 is 24.3 Å². The van der Waals surface area contributed by atoms with Crippen LogP contribution < -0.4 is 9.64 Å². The summed E-state index contributed by atoms with van der Waals surface area (Å²) >= 11 is 0. The molecule has 4 rings (SSSR count). The van der Waals surface area contributed by atoms with Gasteiger partial charge in [0.25, 0.3) is 11.4 Å². The number of non-ortho nitro benzene ring substituents is 1. The summed E-state index contributed by atoms with van der Waals surface area (Å²) in [6.07, 6.45) is 0. The van der Waals surface area contributed by atoms with Crippen LogP contribution in [0.1, 0.15) is 17.3 Å². The van der Waals surface area contributed by atoms with Crippen LogP contribution in [0.3, 0.4) is 0 Å². The van der Waals surface area contributed by atoms with Crippen LogP contribution in [0.25, 0.3) is 0 Å². The second-order valence-corrected chi connectivity index (χ2v) is 7.93. The summed E-state index contributed by atoms with van der Waals surface area (Å²) in [7, 11) is 0. The second kappa shape index (κ2) is 10.5. The van der Waals surface area contributed by atoms with E-state index < -0.39 is 37.6 Å². The highest BCUT2D eigenvalue weighted by molar-refractivity contribution is 5.94. The van der Waals surface area contributed by atoms with Crippen LogP contribution in [-0.2, 0) is 0 Å². The number of hydrogen-bond acceptors (Lipinski definition) is 9. The Bertz CT molecular complexity index is 1520. The van der Waals surface area contributed by atoms with Crippen molar-refractivity contribution in [2.45, 2.75) is 6.92 Å². The summed E-state index contributed by atoms with van der Waals surface area (Å²) in [5, 5.41) is 34.7. The number of ketones is 1. The Morgan fingerprint density at radius 2 is 1.24 bits per heavy atom. The van der Waals surface area contributed by atoms with Crippen molar-refractivity contribution in [3.05, 3.63) is 127 Å². The van der Waals surface area contributed by atoms with Gasteiger partial charge in [-0.2, -0.15) is 0 Å². The number of ether oxygens (including phenoxy) is 1. The van der Waals surface area contributed by atoms with E-state index >= 15 is 0 Å². The Balaban J connectivity index is 1.91. The quantitative estimate of drug-likeness (QED) is 0.132. The number of rotatable bonds is 9. The molecule has 0 aliphatic heterocycles. The Hall–Kier alpha value is -5.65. The van der Waals surface area contributed by atoms with Gasteiger partial charge in [0.05, 0.1) is 32.6 Å².